The van der Waals surface area contributed by atoms with Gasteiger partial charge in [0.15, 0.2) is 0 Å². The van der Waals surface area contributed by atoms with Crippen LogP contribution in [0.15, 0.2) is 60.8 Å². The number of imide groups is 1. The number of benzene rings is 2. The molecule has 116 valence electrons. The number of nitrogens with zero attached hydrogens (tertiary/aromatic N) is 2. The Morgan fingerprint density at radius 1 is 0.917 bits per heavy atom. The fraction of sp³-hybridized carbons (Fsp3) is 0. The summed E-state index contributed by atoms with van der Waals surface area (Å²) in [5.74, 6) is -2.13. The van der Waals surface area contributed by atoms with E-state index in [9.17, 15) is 14.4 Å². The van der Waals surface area contributed by atoms with Crippen molar-refractivity contribution in [2.24, 2.45) is 0 Å². The van der Waals surface area contributed by atoms with Crippen LogP contribution in [0.25, 0.3) is 10.9 Å². The topological polar surface area (TPSA) is 76.6 Å². The largest absolute Gasteiger partial charge is 0.365 e. The molecule has 3 aromatic rings. The van der Waals surface area contributed by atoms with Crippen LogP contribution in [0.5, 0.6) is 0 Å². The van der Waals surface area contributed by atoms with E-state index < -0.39 is 17.8 Å². The van der Waals surface area contributed by atoms with Crippen LogP contribution >= 0.6 is 0 Å². The first-order valence-electron chi connectivity index (χ1n) is 7.20. The third-order valence-electron chi connectivity index (χ3n) is 3.76. The average Bonchev–Trinajstić information content (AvgIpc) is 2.86. The van der Waals surface area contributed by atoms with E-state index in [1.807, 2.05) is 18.2 Å². The number of carbonyl (C=O) groups excluding carboxylic acids is 3. The normalized spacial score (nSPS) is 13.2. The second-order valence-corrected chi connectivity index (χ2v) is 5.25. The zero-order chi connectivity index (χ0) is 16.7. The summed E-state index contributed by atoms with van der Waals surface area (Å²) in [5, 5.41) is 1.25. The van der Waals surface area contributed by atoms with Crippen molar-refractivity contribution < 1.29 is 19.2 Å². The van der Waals surface area contributed by atoms with Crippen molar-refractivity contribution in [1.82, 2.24) is 10.0 Å². The standard InChI is InChI=1S/C18H10N2O4/c21-16-13-6-2-3-7-14(13)17(22)20(16)24-18(23)12-9-11-5-1-4-8-15(11)19-10-12/h1-10H. The van der Waals surface area contributed by atoms with Gasteiger partial charge in [-0.05, 0) is 24.3 Å². The predicted molar refractivity (Wildman–Crippen MR) is 84.1 cm³/mol. The lowest BCUT2D eigenvalue weighted by atomic mass is 10.1. The number of hydroxylamine groups is 2. The van der Waals surface area contributed by atoms with Gasteiger partial charge in [0.1, 0.15) is 0 Å². The first-order valence-corrected chi connectivity index (χ1v) is 7.20. The Labute approximate surface area is 136 Å². The van der Waals surface area contributed by atoms with Crippen LogP contribution in [-0.2, 0) is 4.84 Å². The van der Waals surface area contributed by atoms with Crippen LogP contribution < -0.4 is 0 Å². The van der Waals surface area contributed by atoms with Crippen LogP contribution in [0.1, 0.15) is 31.1 Å². The maximum Gasteiger partial charge on any atom is 0.365 e. The summed E-state index contributed by atoms with van der Waals surface area (Å²) in [4.78, 5) is 45.8. The second-order valence-electron chi connectivity index (χ2n) is 5.25. The van der Waals surface area contributed by atoms with Crippen LogP contribution in [-0.4, -0.2) is 27.8 Å². The molecule has 4 rings (SSSR count). The van der Waals surface area contributed by atoms with Crippen molar-refractivity contribution in [2.45, 2.75) is 0 Å². The van der Waals surface area contributed by atoms with E-state index in [0.29, 0.717) is 5.06 Å². The lowest BCUT2D eigenvalue weighted by molar-refractivity contribution is -0.0584. The number of para-hydroxylation sites is 1. The molecule has 0 radical (unpaired) electrons. The maximum absolute atomic E-state index is 12.3. The van der Waals surface area contributed by atoms with Gasteiger partial charge in [-0.3, -0.25) is 14.6 Å². The SMILES string of the molecule is O=C(ON1C(=O)c2ccccc2C1=O)c1cnc2ccccc2c1. The van der Waals surface area contributed by atoms with Crippen molar-refractivity contribution in [3.05, 3.63) is 77.5 Å². The Kier molecular flexibility index (Phi) is 3.09. The van der Waals surface area contributed by atoms with E-state index in [-0.39, 0.29) is 16.7 Å². The molecule has 2 aromatic carbocycles. The van der Waals surface area contributed by atoms with E-state index >= 15 is 0 Å². The van der Waals surface area contributed by atoms with Crippen molar-refractivity contribution in [3.63, 3.8) is 0 Å². The molecule has 0 saturated carbocycles. The van der Waals surface area contributed by atoms with Gasteiger partial charge in [-0.15, -0.1) is 0 Å². The van der Waals surface area contributed by atoms with E-state index in [0.717, 1.165) is 10.9 Å². The van der Waals surface area contributed by atoms with Gasteiger partial charge in [-0.1, -0.05) is 35.4 Å². The number of amides is 2. The molecule has 1 aromatic heterocycles. The first-order chi connectivity index (χ1) is 11.6. The van der Waals surface area contributed by atoms with E-state index in [2.05, 4.69) is 4.98 Å². The molecule has 2 amide bonds. The summed E-state index contributed by atoms with van der Waals surface area (Å²) in [5.41, 5.74) is 1.32. The van der Waals surface area contributed by atoms with Crippen molar-refractivity contribution in [3.8, 4) is 0 Å². The van der Waals surface area contributed by atoms with Gasteiger partial charge in [-0.25, -0.2) is 4.79 Å². The molecule has 1 aliphatic rings. The summed E-state index contributed by atoms with van der Waals surface area (Å²) in [6.45, 7) is 0. The molecular weight excluding hydrogens is 308 g/mol. The third-order valence-corrected chi connectivity index (χ3v) is 3.76. The van der Waals surface area contributed by atoms with Crippen molar-refractivity contribution >= 4 is 28.7 Å². The van der Waals surface area contributed by atoms with E-state index in [1.54, 1.807) is 24.3 Å². The lowest BCUT2D eigenvalue weighted by Crippen LogP contribution is -2.32. The smallest absolute Gasteiger partial charge is 0.324 e. The minimum Gasteiger partial charge on any atom is -0.324 e. The zero-order valence-electron chi connectivity index (χ0n) is 12.3. The summed E-state index contributed by atoms with van der Waals surface area (Å²) < 4.78 is 0. The Balaban J connectivity index is 1.62. The number of rotatable bonds is 2. The van der Waals surface area contributed by atoms with Crippen molar-refractivity contribution in [1.29, 1.82) is 0 Å². The summed E-state index contributed by atoms with van der Waals surface area (Å²) in [6, 6.07) is 15.2. The molecule has 0 bridgehead atoms. The van der Waals surface area contributed by atoms with Crippen LogP contribution in [0.2, 0.25) is 0 Å². The Morgan fingerprint density at radius 3 is 2.25 bits per heavy atom. The minimum absolute atomic E-state index is 0.158. The quantitative estimate of drug-likeness (QED) is 0.679. The van der Waals surface area contributed by atoms with Crippen LogP contribution in [0.3, 0.4) is 0 Å². The average molecular weight is 318 g/mol. The number of pyridine rings is 1. The fourth-order valence-electron chi connectivity index (χ4n) is 2.57. The lowest BCUT2D eigenvalue weighted by Gasteiger charge is -2.12. The van der Waals surface area contributed by atoms with Gasteiger partial charge in [0.05, 0.1) is 22.2 Å². The highest BCUT2D eigenvalue weighted by Gasteiger charge is 2.38. The maximum atomic E-state index is 12.3. The van der Waals surface area contributed by atoms with Gasteiger partial charge < -0.3 is 4.84 Å². The molecule has 6 nitrogen and oxygen atoms in total. The molecule has 0 fully saturated rings. The molecule has 6 heteroatoms. The summed E-state index contributed by atoms with van der Waals surface area (Å²) in [7, 11) is 0. The highest BCUT2D eigenvalue weighted by atomic mass is 16.7. The molecule has 0 N–H and O–H groups in total. The second kappa shape index (κ2) is 5.27. The van der Waals surface area contributed by atoms with Gasteiger partial charge in [0.25, 0.3) is 11.8 Å². The zero-order valence-corrected chi connectivity index (χ0v) is 12.3. The Hall–Kier alpha value is -3.54. The van der Waals surface area contributed by atoms with Gasteiger partial charge in [-0.2, -0.15) is 0 Å². The Bertz CT molecular complexity index is 978. The molecular formula is C18H10N2O4. The highest BCUT2D eigenvalue weighted by Crippen LogP contribution is 2.23. The molecule has 0 unspecified atom stereocenters. The van der Waals surface area contributed by atoms with Crippen LogP contribution in [0, 0.1) is 0 Å². The monoisotopic (exact) mass is 318 g/mol. The summed E-state index contributed by atoms with van der Waals surface area (Å²) >= 11 is 0. The molecule has 0 spiro atoms. The molecule has 0 saturated heterocycles. The van der Waals surface area contributed by atoms with Gasteiger partial charge in [0, 0.05) is 11.6 Å². The number of hydrogen-bond donors (Lipinski definition) is 0. The molecule has 0 atom stereocenters. The van der Waals surface area contributed by atoms with Crippen molar-refractivity contribution in [2.75, 3.05) is 0 Å². The highest BCUT2D eigenvalue weighted by molar-refractivity contribution is 6.21. The molecule has 0 aliphatic carbocycles. The molecule has 1 aliphatic heterocycles. The molecule has 2 heterocycles. The fourth-order valence-corrected chi connectivity index (χ4v) is 2.57. The van der Waals surface area contributed by atoms with E-state index in [4.69, 9.17) is 4.84 Å². The molecule has 24 heavy (non-hydrogen) atoms. The number of fused-ring (bicyclic) bond motifs is 2. The first kappa shape index (κ1) is 14.1. The summed E-state index contributed by atoms with van der Waals surface area (Å²) in [6.07, 6.45) is 1.35. The number of hydrogen-bond acceptors (Lipinski definition) is 5. The number of carbonyl (C=O) groups is 3. The number of aromatic nitrogens is 1. The van der Waals surface area contributed by atoms with E-state index in [1.165, 1.54) is 18.3 Å². The van der Waals surface area contributed by atoms with Crippen LogP contribution in [0.4, 0.5) is 0 Å². The van der Waals surface area contributed by atoms with Gasteiger partial charge in [0.2, 0.25) is 0 Å². The Morgan fingerprint density at radius 2 is 1.54 bits per heavy atom. The predicted octanol–water partition coefficient (Wildman–Crippen LogP) is 2.60. The minimum atomic E-state index is -0.817. The third kappa shape index (κ3) is 2.13. The van der Waals surface area contributed by atoms with Gasteiger partial charge >= 0.3 is 5.97 Å².